The molecule has 1 fully saturated rings. The molecular formula is C19H17F5N4O2. The minimum absolute atomic E-state index is 0.0325. The highest BCUT2D eigenvalue weighted by atomic mass is 19.2. The Morgan fingerprint density at radius 3 is 1.77 bits per heavy atom. The number of rotatable bonds is 7. The lowest BCUT2D eigenvalue weighted by Crippen LogP contribution is -2.44. The van der Waals surface area contributed by atoms with Crippen molar-refractivity contribution in [2.45, 2.75) is 38.5 Å². The molecule has 0 bridgehead atoms. The molecule has 160 valence electrons. The first kappa shape index (κ1) is 21.9. The first-order chi connectivity index (χ1) is 14.2. The maximum atomic E-state index is 14.6. The van der Waals surface area contributed by atoms with Crippen LogP contribution in [-0.4, -0.2) is 25.0 Å². The molecule has 0 radical (unpaired) electrons. The Hall–Kier alpha value is -2.76. The largest absolute Gasteiger partial charge is 0.386 e. The smallest absolute Gasteiger partial charge is 0.293 e. The quantitative estimate of drug-likeness (QED) is 0.310. The molecule has 3 unspecified atom stereocenters. The van der Waals surface area contributed by atoms with Crippen LogP contribution in [0, 0.1) is 62.6 Å². The van der Waals surface area contributed by atoms with Gasteiger partial charge in [0.25, 0.3) is 5.91 Å². The van der Waals surface area contributed by atoms with E-state index in [1.54, 1.807) is 26.0 Å². The number of fused-ring (bicyclic) bond motifs is 1. The van der Waals surface area contributed by atoms with E-state index in [1.165, 1.54) is 0 Å². The summed E-state index contributed by atoms with van der Waals surface area (Å²) in [7, 11) is 0. The van der Waals surface area contributed by atoms with Gasteiger partial charge in [-0.2, -0.15) is 10.5 Å². The van der Waals surface area contributed by atoms with Crippen LogP contribution >= 0.6 is 0 Å². The summed E-state index contributed by atoms with van der Waals surface area (Å²) in [5.41, 5.74) is 0.125. The Labute approximate surface area is 168 Å². The van der Waals surface area contributed by atoms with E-state index in [0.29, 0.717) is 12.8 Å². The Morgan fingerprint density at radius 2 is 1.37 bits per heavy atom. The fraction of sp³-hybridized carbons (Fsp3) is 0.526. The van der Waals surface area contributed by atoms with E-state index in [0.717, 1.165) is 0 Å². The number of benzene rings is 1. The number of nitrogens with two attached hydrogens (primary N) is 1. The zero-order valence-corrected chi connectivity index (χ0v) is 16.0. The van der Waals surface area contributed by atoms with Gasteiger partial charge in [-0.3, -0.25) is 0 Å². The van der Waals surface area contributed by atoms with Crippen LogP contribution in [0.2, 0.25) is 0 Å². The summed E-state index contributed by atoms with van der Waals surface area (Å²) in [5, 5.41) is 19.9. The molecule has 1 aromatic rings. The van der Waals surface area contributed by atoms with Gasteiger partial charge in [-0.25, -0.2) is 26.9 Å². The first-order valence-electron chi connectivity index (χ1n) is 9.14. The van der Waals surface area contributed by atoms with Gasteiger partial charge in [-0.05, 0) is 12.8 Å². The van der Waals surface area contributed by atoms with Gasteiger partial charge >= 0.3 is 0 Å². The van der Waals surface area contributed by atoms with Crippen molar-refractivity contribution in [1.29, 1.82) is 10.5 Å². The molecule has 0 spiro atoms. The molecule has 0 amide bonds. The fourth-order valence-electron chi connectivity index (χ4n) is 4.15. The average Bonchev–Trinajstić information content (AvgIpc) is 3.30. The highest BCUT2D eigenvalue weighted by Gasteiger charge is 2.94. The molecule has 0 aromatic heterocycles. The summed E-state index contributed by atoms with van der Waals surface area (Å²) in [4.78, 5) is 4.01. The number of amidine groups is 1. The molecule has 0 saturated heterocycles. The summed E-state index contributed by atoms with van der Waals surface area (Å²) in [5.74, 6) is -15.7. The predicted octanol–water partition coefficient (Wildman–Crippen LogP) is 3.38. The number of ether oxygens (including phenoxy) is 2. The molecule has 1 saturated carbocycles. The topological polar surface area (TPSA) is 104 Å². The number of nitriles is 2. The number of aliphatic imine (C=N–C) groups is 1. The van der Waals surface area contributed by atoms with E-state index in [-0.39, 0.29) is 13.2 Å². The molecule has 3 rings (SSSR count). The number of nitrogens with zero attached hydrogens (tertiary/aromatic N) is 3. The van der Waals surface area contributed by atoms with E-state index in [4.69, 9.17) is 15.2 Å². The summed E-state index contributed by atoms with van der Waals surface area (Å²) in [6.07, 6.45) is 0.835. The highest BCUT2D eigenvalue weighted by Crippen LogP contribution is 2.82. The first-order valence-corrected chi connectivity index (χ1v) is 9.14. The Morgan fingerprint density at radius 1 is 0.900 bits per heavy atom. The van der Waals surface area contributed by atoms with Crippen molar-refractivity contribution in [2.24, 2.45) is 21.6 Å². The SMILES string of the molecule is CCCOC1(OCCC)N=C(N)C2(C#N)C(c3c(F)c(F)c(F)c(F)c3F)C12C#N. The van der Waals surface area contributed by atoms with Crippen molar-refractivity contribution in [3.05, 3.63) is 34.6 Å². The summed E-state index contributed by atoms with van der Waals surface area (Å²) in [6.45, 7) is 3.38. The van der Waals surface area contributed by atoms with Crippen LogP contribution in [-0.2, 0) is 9.47 Å². The normalized spacial score (nSPS) is 28.4. The van der Waals surface area contributed by atoms with Crippen molar-refractivity contribution < 1.29 is 31.4 Å². The molecule has 1 aromatic carbocycles. The second-order valence-corrected chi connectivity index (χ2v) is 7.03. The average molecular weight is 428 g/mol. The third-order valence-electron chi connectivity index (χ3n) is 5.46. The van der Waals surface area contributed by atoms with Crippen molar-refractivity contribution in [2.75, 3.05) is 13.2 Å². The van der Waals surface area contributed by atoms with E-state index >= 15 is 0 Å². The van der Waals surface area contributed by atoms with Gasteiger partial charge in [0.15, 0.2) is 28.7 Å². The minimum atomic E-state index is -2.35. The van der Waals surface area contributed by atoms with Gasteiger partial charge in [0.05, 0.1) is 25.4 Å². The molecule has 6 nitrogen and oxygen atoms in total. The Balaban J connectivity index is 2.32. The van der Waals surface area contributed by atoms with E-state index < -0.39 is 63.1 Å². The van der Waals surface area contributed by atoms with Crippen LogP contribution < -0.4 is 5.73 Å². The standard InChI is InChI=1S/C19H17F5N4O2/c1-3-5-29-19(30-6-4-2)18(8-26)15(17(18,7-25)16(27)28-19)9-10(20)12(22)14(24)13(23)11(9)21/h15H,3-6H2,1-2H3,(H2,27,28). The maximum Gasteiger partial charge on any atom is 0.293 e. The lowest BCUT2D eigenvalue weighted by atomic mass is 9.93. The molecule has 11 heteroatoms. The van der Waals surface area contributed by atoms with Crippen LogP contribution in [0.25, 0.3) is 0 Å². The highest BCUT2D eigenvalue weighted by molar-refractivity contribution is 6.00. The Kier molecular flexibility index (Phi) is 5.25. The molecule has 1 aliphatic carbocycles. The van der Waals surface area contributed by atoms with Crippen molar-refractivity contribution in [3.63, 3.8) is 0 Å². The summed E-state index contributed by atoms with van der Waals surface area (Å²) < 4.78 is 81.7. The van der Waals surface area contributed by atoms with Crippen LogP contribution in [0.5, 0.6) is 0 Å². The minimum Gasteiger partial charge on any atom is -0.386 e. The second kappa shape index (κ2) is 7.18. The van der Waals surface area contributed by atoms with Gasteiger partial charge < -0.3 is 15.2 Å². The van der Waals surface area contributed by atoms with Gasteiger partial charge in [-0.1, -0.05) is 13.8 Å². The van der Waals surface area contributed by atoms with Crippen LogP contribution in [0.4, 0.5) is 22.0 Å². The van der Waals surface area contributed by atoms with Gasteiger partial charge in [0.1, 0.15) is 11.3 Å². The molecule has 2 N–H and O–H groups in total. The molecule has 1 aliphatic heterocycles. The fourth-order valence-corrected chi connectivity index (χ4v) is 4.15. The van der Waals surface area contributed by atoms with Crippen LogP contribution in [0.1, 0.15) is 38.2 Å². The summed E-state index contributed by atoms with van der Waals surface area (Å²) >= 11 is 0. The molecule has 3 atom stereocenters. The number of hydrogen-bond acceptors (Lipinski definition) is 6. The predicted molar refractivity (Wildman–Crippen MR) is 91.9 cm³/mol. The molecule has 2 aliphatic rings. The second-order valence-electron chi connectivity index (χ2n) is 7.03. The van der Waals surface area contributed by atoms with Gasteiger partial charge in [0.2, 0.25) is 5.82 Å². The molecular weight excluding hydrogens is 411 g/mol. The maximum absolute atomic E-state index is 14.6. The lowest BCUT2D eigenvalue weighted by Gasteiger charge is -2.32. The molecule has 30 heavy (non-hydrogen) atoms. The third-order valence-corrected chi connectivity index (χ3v) is 5.46. The van der Waals surface area contributed by atoms with Crippen molar-refractivity contribution in [1.82, 2.24) is 0 Å². The monoisotopic (exact) mass is 428 g/mol. The van der Waals surface area contributed by atoms with Crippen LogP contribution in [0.15, 0.2) is 4.99 Å². The number of halogens is 5. The van der Waals surface area contributed by atoms with Crippen molar-refractivity contribution >= 4 is 5.84 Å². The van der Waals surface area contributed by atoms with Crippen LogP contribution in [0.3, 0.4) is 0 Å². The summed E-state index contributed by atoms with van der Waals surface area (Å²) in [6, 6.07) is 3.47. The lowest BCUT2D eigenvalue weighted by molar-refractivity contribution is -0.259. The van der Waals surface area contributed by atoms with E-state index in [9.17, 15) is 32.5 Å². The van der Waals surface area contributed by atoms with Crippen molar-refractivity contribution in [3.8, 4) is 12.1 Å². The van der Waals surface area contributed by atoms with Gasteiger partial charge in [0, 0.05) is 11.5 Å². The van der Waals surface area contributed by atoms with E-state index in [2.05, 4.69) is 4.99 Å². The third kappa shape index (κ3) is 2.30. The number of hydrogen-bond donors (Lipinski definition) is 1. The molecule has 1 heterocycles. The zero-order chi connectivity index (χ0) is 22.5. The van der Waals surface area contributed by atoms with E-state index in [1.807, 2.05) is 0 Å². The Bertz CT molecular complexity index is 981. The zero-order valence-electron chi connectivity index (χ0n) is 16.0. The van der Waals surface area contributed by atoms with Gasteiger partial charge in [-0.15, -0.1) is 0 Å².